The van der Waals surface area contributed by atoms with Crippen molar-refractivity contribution in [3.05, 3.63) is 0 Å². The molecule has 3 aliphatic rings. The van der Waals surface area contributed by atoms with Crippen LogP contribution in [0.1, 0.15) is 40.0 Å². The van der Waals surface area contributed by atoms with Crippen LogP contribution in [0.3, 0.4) is 0 Å². The number of hydrogen-bond acceptors (Lipinski definition) is 7. The molecular formula is C19H36O7Si. The highest BCUT2D eigenvalue weighted by Crippen LogP contribution is 2.37. The summed E-state index contributed by atoms with van der Waals surface area (Å²) in [5.74, 6) is 0. The Labute approximate surface area is 165 Å². The second-order valence-corrected chi connectivity index (χ2v) is 8.02. The topological polar surface area (TPSA) is 74.5 Å². The molecule has 0 aromatic heterocycles. The van der Waals surface area contributed by atoms with Crippen LogP contribution in [0.5, 0.6) is 0 Å². The first kappa shape index (κ1) is 21.6. The number of rotatable bonds is 16. The summed E-state index contributed by atoms with van der Waals surface area (Å²) in [5.41, 5.74) is -0.636. The van der Waals surface area contributed by atoms with Crippen molar-refractivity contribution >= 4 is 10.5 Å². The molecule has 0 radical (unpaired) electrons. The lowest BCUT2D eigenvalue weighted by Gasteiger charge is -2.49. The predicted molar refractivity (Wildman–Crippen MR) is 103 cm³/mol. The van der Waals surface area contributed by atoms with Crippen LogP contribution in [0.4, 0.5) is 0 Å². The monoisotopic (exact) mass is 404 g/mol. The number of epoxide rings is 3. The molecule has 3 saturated heterocycles. The van der Waals surface area contributed by atoms with E-state index >= 15 is 0 Å². The Morgan fingerprint density at radius 3 is 1.22 bits per heavy atom. The van der Waals surface area contributed by atoms with Crippen LogP contribution >= 0.6 is 0 Å². The molecule has 0 aliphatic carbocycles. The molecular weight excluding hydrogens is 368 g/mol. The number of hydrogen-bond donors (Lipinski definition) is 0. The van der Waals surface area contributed by atoms with E-state index in [4.69, 9.17) is 32.8 Å². The van der Waals surface area contributed by atoms with Crippen LogP contribution in [-0.4, -0.2) is 92.4 Å². The van der Waals surface area contributed by atoms with Crippen molar-refractivity contribution < 1.29 is 32.8 Å². The summed E-state index contributed by atoms with van der Waals surface area (Å²) < 4.78 is 41.4. The molecule has 3 aliphatic heterocycles. The molecule has 0 bridgehead atoms. The quantitative estimate of drug-likeness (QED) is 0.275. The average molecular weight is 405 g/mol. The molecule has 6 atom stereocenters. The van der Waals surface area contributed by atoms with Gasteiger partial charge in [-0.2, -0.15) is 0 Å². The lowest BCUT2D eigenvalue weighted by atomic mass is 9.80. The van der Waals surface area contributed by atoms with E-state index in [0.717, 1.165) is 39.1 Å². The van der Waals surface area contributed by atoms with E-state index in [1.165, 1.54) is 0 Å². The van der Waals surface area contributed by atoms with Gasteiger partial charge in [-0.3, -0.25) is 0 Å². The zero-order chi connectivity index (χ0) is 19.3. The molecule has 3 fully saturated rings. The highest BCUT2D eigenvalue weighted by atomic mass is 28.2. The van der Waals surface area contributed by atoms with Gasteiger partial charge in [0.25, 0.3) is 0 Å². The maximum absolute atomic E-state index is 6.40. The van der Waals surface area contributed by atoms with E-state index in [9.17, 15) is 0 Å². The van der Waals surface area contributed by atoms with Gasteiger partial charge in [0.1, 0.15) is 34.4 Å². The van der Waals surface area contributed by atoms with E-state index in [-0.39, 0.29) is 36.6 Å². The van der Waals surface area contributed by atoms with Gasteiger partial charge >= 0.3 is 0 Å². The molecule has 0 amide bonds. The first-order valence-corrected chi connectivity index (χ1v) is 11.2. The molecule has 3 heterocycles. The summed E-state index contributed by atoms with van der Waals surface area (Å²) in [7, 11) is 0.577. The van der Waals surface area contributed by atoms with Crippen LogP contribution in [0.2, 0.25) is 0 Å². The Balaban J connectivity index is 1.78. The molecule has 6 unspecified atom stereocenters. The number of ether oxygens (including phenoxy) is 6. The van der Waals surface area contributed by atoms with Crippen molar-refractivity contribution in [2.45, 2.75) is 82.3 Å². The van der Waals surface area contributed by atoms with Gasteiger partial charge in [0.2, 0.25) is 0 Å². The lowest BCUT2D eigenvalue weighted by molar-refractivity contribution is -0.225. The third-order valence-electron chi connectivity index (χ3n) is 5.63. The zero-order valence-corrected chi connectivity index (χ0v) is 19.2. The fourth-order valence-corrected chi connectivity index (χ4v) is 4.67. The maximum atomic E-state index is 6.40. The normalized spacial score (nSPS) is 31.9. The summed E-state index contributed by atoms with van der Waals surface area (Å²) in [6, 6.07) is 0. The van der Waals surface area contributed by atoms with Gasteiger partial charge in [-0.15, -0.1) is 0 Å². The first-order valence-electron chi connectivity index (χ1n) is 10.4. The molecule has 0 N–H and O–H groups in total. The molecule has 8 heteroatoms. The SMILES string of the molecule is CCC(OCC1CO1)C(O[SiH3])(C(CC)OCC1CO1)C(CC)OCC1CO1. The van der Waals surface area contributed by atoms with Gasteiger partial charge in [0.15, 0.2) is 0 Å². The third-order valence-corrected chi connectivity index (χ3v) is 6.34. The van der Waals surface area contributed by atoms with Crippen LogP contribution in [0.15, 0.2) is 0 Å². The molecule has 27 heavy (non-hydrogen) atoms. The van der Waals surface area contributed by atoms with Crippen LogP contribution in [-0.2, 0) is 32.8 Å². The summed E-state index contributed by atoms with van der Waals surface area (Å²) >= 11 is 0. The van der Waals surface area contributed by atoms with Crippen LogP contribution < -0.4 is 0 Å². The molecule has 158 valence electrons. The highest BCUT2D eigenvalue weighted by molar-refractivity contribution is 5.98. The van der Waals surface area contributed by atoms with Crippen molar-refractivity contribution in [2.24, 2.45) is 0 Å². The molecule has 7 nitrogen and oxygen atoms in total. The highest BCUT2D eigenvalue weighted by Gasteiger charge is 2.53. The fraction of sp³-hybridized carbons (Fsp3) is 1.00. The molecule has 3 rings (SSSR count). The van der Waals surface area contributed by atoms with Gasteiger partial charge in [-0.25, -0.2) is 0 Å². The van der Waals surface area contributed by atoms with Crippen LogP contribution in [0.25, 0.3) is 0 Å². The zero-order valence-electron chi connectivity index (χ0n) is 17.2. The molecule has 0 aromatic carbocycles. The summed E-state index contributed by atoms with van der Waals surface area (Å²) in [6.07, 6.45) is 2.78. The largest absolute Gasteiger partial charge is 0.415 e. The van der Waals surface area contributed by atoms with Gasteiger partial charge in [0.05, 0.1) is 58.0 Å². The second-order valence-electron chi connectivity index (χ2n) is 7.61. The maximum Gasteiger partial charge on any atom is 0.147 e. The van der Waals surface area contributed by atoms with E-state index < -0.39 is 5.60 Å². The summed E-state index contributed by atoms with van der Waals surface area (Å²) in [5, 5.41) is 0. The Morgan fingerprint density at radius 2 is 1.04 bits per heavy atom. The molecule has 0 saturated carbocycles. The van der Waals surface area contributed by atoms with Gasteiger partial charge in [-0.05, 0) is 19.3 Å². The van der Waals surface area contributed by atoms with E-state index in [1.807, 2.05) is 0 Å². The summed E-state index contributed by atoms with van der Waals surface area (Å²) in [6.45, 7) is 10.5. The predicted octanol–water partition coefficient (Wildman–Crippen LogP) is 0.604. The van der Waals surface area contributed by atoms with Crippen molar-refractivity contribution in [1.82, 2.24) is 0 Å². The Morgan fingerprint density at radius 1 is 0.741 bits per heavy atom. The van der Waals surface area contributed by atoms with Gasteiger partial charge < -0.3 is 32.8 Å². The van der Waals surface area contributed by atoms with Crippen molar-refractivity contribution in [2.75, 3.05) is 39.6 Å². The average Bonchev–Trinajstić information content (AvgIpc) is 3.54. The summed E-state index contributed by atoms with van der Waals surface area (Å²) in [4.78, 5) is 0. The van der Waals surface area contributed by atoms with E-state index in [0.29, 0.717) is 30.3 Å². The Bertz CT molecular complexity index is 380. The molecule has 0 spiro atoms. The standard InChI is InChI=1S/C19H36O7Si/c1-4-16(23-10-13-7-20-13)19(26-27,17(5-2)24-11-14-8-21-14)18(6-3)25-12-15-9-22-15/h13-18H,4-12H2,1-3,27H3. The van der Waals surface area contributed by atoms with Crippen LogP contribution in [0, 0.1) is 0 Å². The minimum Gasteiger partial charge on any atom is -0.415 e. The first-order chi connectivity index (χ1) is 13.2. The molecule has 0 aromatic rings. The third kappa shape index (κ3) is 5.73. The lowest BCUT2D eigenvalue weighted by Crippen LogP contribution is -2.64. The fourth-order valence-electron chi connectivity index (χ4n) is 3.88. The van der Waals surface area contributed by atoms with Crippen molar-refractivity contribution in [1.29, 1.82) is 0 Å². The second kappa shape index (κ2) is 10.1. The minimum atomic E-state index is -0.636. The Hall–Kier alpha value is -0.0631. The Kier molecular flexibility index (Phi) is 8.11. The van der Waals surface area contributed by atoms with Crippen molar-refractivity contribution in [3.8, 4) is 0 Å². The van der Waals surface area contributed by atoms with E-state index in [2.05, 4.69) is 20.8 Å². The van der Waals surface area contributed by atoms with Gasteiger partial charge in [-0.1, -0.05) is 20.8 Å². The van der Waals surface area contributed by atoms with Gasteiger partial charge in [0, 0.05) is 0 Å². The van der Waals surface area contributed by atoms with E-state index in [1.54, 1.807) is 0 Å². The van der Waals surface area contributed by atoms with Crippen molar-refractivity contribution in [3.63, 3.8) is 0 Å². The smallest absolute Gasteiger partial charge is 0.147 e. The minimum absolute atomic E-state index is 0.116.